The van der Waals surface area contributed by atoms with Crippen LogP contribution in [0.2, 0.25) is 0 Å². The average molecular weight is 226 g/mol. The van der Waals surface area contributed by atoms with Crippen LogP contribution < -0.4 is 0 Å². The summed E-state index contributed by atoms with van der Waals surface area (Å²) in [6.45, 7) is 0. The van der Waals surface area contributed by atoms with E-state index in [1.54, 1.807) is 4.68 Å². The molecule has 0 aliphatic rings. The van der Waals surface area contributed by atoms with Crippen LogP contribution in [0.5, 0.6) is 0 Å². The molecule has 0 atom stereocenters. The molecule has 2 rings (SSSR count). The molecular formula is C8H8BrN3. The van der Waals surface area contributed by atoms with Crippen LogP contribution in [0, 0.1) is 0 Å². The lowest BCUT2D eigenvalue weighted by atomic mass is 10.2. The number of benzene rings is 1. The highest BCUT2D eigenvalue weighted by Gasteiger charge is 2.04. The molecule has 0 N–H and O–H groups in total. The van der Waals surface area contributed by atoms with Crippen LogP contribution in [0.1, 0.15) is 5.56 Å². The molecule has 12 heavy (non-hydrogen) atoms. The van der Waals surface area contributed by atoms with Gasteiger partial charge in [-0.2, -0.15) is 0 Å². The summed E-state index contributed by atoms with van der Waals surface area (Å²) in [6.07, 6.45) is 0. The van der Waals surface area contributed by atoms with Crippen molar-refractivity contribution < 1.29 is 0 Å². The molecule has 62 valence electrons. The fourth-order valence-electron chi connectivity index (χ4n) is 1.22. The number of hydrogen-bond donors (Lipinski definition) is 0. The maximum atomic E-state index is 4.07. The van der Waals surface area contributed by atoms with Gasteiger partial charge in [0, 0.05) is 12.4 Å². The van der Waals surface area contributed by atoms with Gasteiger partial charge in [-0.1, -0.05) is 33.3 Å². The number of hydrogen-bond acceptors (Lipinski definition) is 2. The smallest absolute Gasteiger partial charge is 0.117 e. The lowest BCUT2D eigenvalue weighted by molar-refractivity contribution is 0.736. The molecule has 0 fully saturated rings. The molecule has 0 aliphatic heterocycles. The number of aryl methyl sites for hydroxylation is 1. The van der Waals surface area contributed by atoms with Crippen molar-refractivity contribution in [2.24, 2.45) is 7.05 Å². The quantitative estimate of drug-likeness (QED) is 0.695. The first-order chi connectivity index (χ1) is 5.83. The van der Waals surface area contributed by atoms with Crippen LogP contribution in [-0.2, 0) is 12.4 Å². The maximum Gasteiger partial charge on any atom is 0.117 e. The van der Waals surface area contributed by atoms with Crippen LogP contribution in [-0.4, -0.2) is 15.0 Å². The summed E-state index contributed by atoms with van der Waals surface area (Å²) in [5, 5.41) is 8.84. The van der Waals surface area contributed by atoms with Crippen molar-refractivity contribution in [2.75, 3.05) is 0 Å². The highest BCUT2D eigenvalue weighted by molar-refractivity contribution is 9.08. The zero-order valence-electron chi connectivity index (χ0n) is 6.66. The Kier molecular flexibility index (Phi) is 1.84. The van der Waals surface area contributed by atoms with E-state index in [1.807, 2.05) is 25.2 Å². The predicted molar refractivity (Wildman–Crippen MR) is 51.1 cm³/mol. The molecule has 1 aromatic heterocycles. The summed E-state index contributed by atoms with van der Waals surface area (Å²) in [5.74, 6) is 0. The van der Waals surface area contributed by atoms with Crippen molar-refractivity contribution in [3.05, 3.63) is 23.8 Å². The zero-order valence-corrected chi connectivity index (χ0v) is 8.24. The second kappa shape index (κ2) is 2.86. The monoisotopic (exact) mass is 225 g/mol. The third-order valence-corrected chi connectivity index (χ3v) is 2.47. The Morgan fingerprint density at radius 1 is 1.50 bits per heavy atom. The van der Waals surface area contributed by atoms with Gasteiger partial charge in [0.1, 0.15) is 5.52 Å². The van der Waals surface area contributed by atoms with Gasteiger partial charge >= 0.3 is 0 Å². The number of alkyl halides is 1. The van der Waals surface area contributed by atoms with E-state index in [9.17, 15) is 0 Å². The number of aromatic nitrogens is 3. The largest absolute Gasteiger partial charge is 0.248 e. The Balaban J connectivity index is 2.81. The molecule has 0 amide bonds. The van der Waals surface area contributed by atoms with E-state index < -0.39 is 0 Å². The van der Waals surface area contributed by atoms with Crippen molar-refractivity contribution in [2.45, 2.75) is 5.33 Å². The van der Waals surface area contributed by atoms with E-state index in [0.717, 1.165) is 16.4 Å². The molecule has 0 unspecified atom stereocenters. The molecule has 0 spiro atoms. The molecule has 4 heteroatoms. The Bertz CT molecular complexity index is 408. The van der Waals surface area contributed by atoms with Crippen LogP contribution in [0.4, 0.5) is 0 Å². The first-order valence-electron chi connectivity index (χ1n) is 3.66. The molecule has 3 nitrogen and oxygen atoms in total. The molecule has 0 saturated heterocycles. The molecule has 0 aliphatic carbocycles. The van der Waals surface area contributed by atoms with E-state index in [1.165, 1.54) is 5.56 Å². The van der Waals surface area contributed by atoms with E-state index in [0.29, 0.717) is 0 Å². The minimum atomic E-state index is 0.822. The topological polar surface area (TPSA) is 30.7 Å². The lowest BCUT2D eigenvalue weighted by Gasteiger charge is -1.95. The molecule has 0 saturated carbocycles. The standard InChI is InChI=1S/C8H8BrN3/c1-12-7-4-2-3-6(5-9)8(7)10-11-12/h2-4H,5H2,1H3. The summed E-state index contributed by atoms with van der Waals surface area (Å²) in [7, 11) is 1.90. The second-order valence-corrected chi connectivity index (χ2v) is 3.19. The number of fused-ring (bicyclic) bond motifs is 1. The number of halogens is 1. The van der Waals surface area contributed by atoms with Crippen molar-refractivity contribution in [1.82, 2.24) is 15.0 Å². The second-order valence-electron chi connectivity index (χ2n) is 2.63. The summed E-state index contributed by atoms with van der Waals surface area (Å²) in [4.78, 5) is 0. The van der Waals surface area contributed by atoms with Gasteiger partial charge in [-0.05, 0) is 11.6 Å². The van der Waals surface area contributed by atoms with Gasteiger partial charge in [0.2, 0.25) is 0 Å². The predicted octanol–water partition coefficient (Wildman–Crippen LogP) is 1.86. The van der Waals surface area contributed by atoms with Crippen molar-refractivity contribution in [3.63, 3.8) is 0 Å². The Hall–Kier alpha value is -0.900. The van der Waals surface area contributed by atoms with E-state index in [2.05, 4.69) is 26.2 Å². The Morgan fingerprint density at radius 2 is 2.33 bits per heavy atom. The fourth-order valence-corrected chi connectivity index (χ4v) is 1.67. The molecule has 0 radical (unpaired) electrons. The molecular weight excluding hydrogens is 218 g/mol. The van der Waals surface area contributed by atoms with Gasteiger partial charge in [0.25, 0.3) is 0 Å². The van der Waals surface area contributed by atoms with E-state index >= 15 is 0 Å². The minimum absolute atomic E-state index is 0.822. The van der Waals surface area contributed by atoms with Crippen molar-refractivity contribution in [1.29, 1.82) is 0 Å². The summed E-state index contributed by atoms with van der Waals surface area (Å²) in [5.41, 5.74) is 3.24. The fraction of sp³-hybridized carbons (Fsp3) is 0.250. The molecule has 1 aromatic carbocycles. The van der Waals surface area contributed by atoms with Gasteiger partial charge in [-0.15, -0.1) is 5.10 Å². The number of rotatable bonds is 1. The summed E-state index contributed by atoms with van der Waals surface area (Å²) < 4.78 is 1.78. The zero-order chi connectivity index (χ0) is 8.55. The summed E-state index contributed by atoms with van der Waals surface area (Å²) >= 11 is 3.41. The minimum Gasteiger partial charge on any atom is -0.248 e. The van der Waals surface area contributed by atoms with Gasteiger partial charge in [0.05, 0.1) is 5.52 Å². The summed E-state index contributed by atoms with van der Waals surface area (Å²) in [6, 6.07) is 6.08. The maximum absolute atomic E-state index is 4.07. The van der Waals surface area contributed by atoms with Gasteiger partial charge in [-0.25, -0.2) is 4.68 Å². The van der Waals surface area contributed by atoms with Crippen LogP contribution in [0.3, 0.4) is 0 Å². The highest BCUT2D eigenvalue weighted by atomic mass is 79.9. The van der Waals surface area contributed by atoms with E-state index in [-0.39, 0.29) is 0 Å². The number of nitrogens with zero attached hydrogens (tertiary/aromatic N) is 3. The van der Waals surface area contributed by atoms with Crippen molar-refractivity contribution >= 4 is 27.0 Å². The third kappa shape index (κ3) is 1.03. The van der Waals surface area contributed by atoms with Gasteiger partial charge < -0.3 is 0 Å². The Labute approximate surface area is 78.5 Å². The lowest BCUT2D eigenvalue weighted by Crippen LogP contribution is -1.88. The normalized spacial score (nSPS) is 10.8. The van der Waals surface area contributed by atoms with Crippen LogP contribution in [0.25, 0.3) is 11.0 Å². The van der Waals surface area contributed by atoms with E-state index in [4.69, 9.17) is 0 Å². The van der Waals surface area contributed by atoms with Crippen LogP contribution >= 0.6 is 15.9 Å². The Morgan fingerprint density at radius 3 is 3.08 bits per heavy atom. The molecule has 2 aromatic rings. The molecule has 1 heterocycles. The molecule has 0 bridgehead atoms. The SMILES string of the molecule is Cn1nnc2c(CBr)cccc21. The van der Waals surface area contributed by atoms with Gasteiger partial charge in [-0.3, -0.25) is 0 Å². The average Bonchev–Trinajstić information content (AvgIpc) is 2.48. The van der Waals surface area contributed by atoms with Gasteiger partial charge in [0.15, 0.2) is 0 Å². The highest BCUT2D eigenvalue weighted by Crippen LogP contribution is 2.17. The third-order valence-electron chi connectivity index (χ3n) is 1.87. The van der Waals surface area contributed by atoms with Crippen molar-refractivity contribution in [3.8, 4) is 0 Å². The first kappa shape index (κ1) is 7.73. The van der Waals surface area contributed by atoms with Crippen LogP contribution in [0.15, 0.2) is 18.2 Å². The first-order valence-corrected chi connectivity index (χ1v) is 4.78.